The summed E-state index contributed by atoms with van der Waals surface area (Å²) in [4.78, 5) is 24.0. The molecule has 2 amide bonds. The summed E-state index contributed by atoms with van der Waals surface area (Å²) in [6.07, 6.45) is 1.12. The molecule has 2 N–H and O–H groups in total. The molecule has 6 nitrogen and oxygen atoms in total. The number of nitrogens with one attached hydrogen (secondary N) is 2. The lowest BCUT2D eigenvalue weighted by Crippen LogP contribution is -2.41. The van der Waals surface area contributed by atoms with E-state index in [2.05, 4.69) is 10.9 Å². The van der Waals surface area contributed by atoms with Gasteiger partial charge in [-0.15, -0.1) is 0 Å². The quantitative estimate of drug-likeness (QED) is 0.809. The van der Waals surface area contributed by atoms with Crippen LogP contribution in [0.4, 0.5) is 0 Å². The highest BCUT2D eigenvalue weighted by Gasteiger charge is 2.11. The lowest BCUT2D eigenvalue weighted by molar-refractivity contribution is 0.0846. The standard InChI is InChI=1S/C16H15ClN2O4S/c1-24(22,23)10-11-3-2-4-13(9-11)16(21)19-18-15(20)12-5-7-14(17)8-6-12/h2-9H,10H2,1H3,(H,18,20)(H,19,21). The van der Waals surface area contributed by atoms with E-state index in [0.29, 0.717) is 16.1 Å². The maximum absolute atomic E-state index is 12.1. The lowest BCUT2D eigenvalue weighted by atomic mass is 10.1. The number of halogens is 1. The fraction of sp³-hybridized carbons (Fsp3) is 0.125. The minimum Gasteiger partial charge on any atom is -0.267 e. The zero-order valence-electron chi connectivity index (χ0n) is 12.7. The zero-order chi connectivity index (χ0) is 17.7. The highest BCUT2D eigenvalue weighted by Crippen LogP contribution is 2.10. The molecule has 2 aromatic carbocycles. The summed E-state index contributed by atoms with van der Waals surface area (Å²) >= 11 is 5.74. The molecule has 24 heavy (non-hydrogen) atoms. The SMILES string of the molecule is CS(=O)(=O)Cc1cccc(C(=O)NNC(=O)c2ccc(Cl)cc2)c1. The first-order chi connectivity index (χ1) is 11.2. The minimum atomic E-state index is -3.20. The average Bonchev–Trinajstić information content (AvgIpc) is 2.51. The third-order valence-corrected chi connectivity index (χ3v) is 4.12. The second kappa shape index (κ2) is 7.46. The molecule has 0 aliphatic rings. The van der Waals surface area contributed by atoms with E-state index >= 15 is 0 Å². The van der Waals surface area contributed by atoms with Crippen molar-refractivity contribution in [2.45, 2.75) is 5.75 Å². The number of carbonyl (C=O) groups excluding carboxylic acids is 2. The van der Waals surface area contributed by atoms with Crippen molar-refractivity contribution in [2.75, 3.05) is 6.26 Å². The Bertz CT molecular complexity index is 864. The van der Waals surface area contributed by atoms with Crippen LogP contribution in [-0.2, 0) is 15.6 Å². The summed E-state index contributed by atoms with van der Waals surface area (Å²) in [5, 5.41) is 0.498. The monoisotopic (exact) mass is 366 g/mol. The molecule has 0 aliphatic heterocycles. The van der Waals surface area contributed by atoms with Crippen LogP contribution in [0.15, 0.2) is 48.5 Å². The van der Waals surface area contributed by atoms with Gasteiger partial charge in [-0.3, -0.25) is 20.4 Å². The first-order valence-electron chi connectivity index (χ1n) is 6.87. The highest BCUT2D eigenvalue weighted by atomic mass is 35.5. The van der Waals surface area contributed by atoms with Crippen molar-refractivity contribution in [1.29, 1.82) is 0 Å². The number of sulfone groups is 1. The van der Waals surface area contributed by atoms with Gasteiger partial charge in [-0.2, -0.15) is 0 Å². The molecule has 0 saturated heterocycles. The van der Waals surface area contributed by atoms with Gasteiger partial charge < -0.3 is 0 Å². The van der Waals surface area contributed by atoms with Gasteiger partial charge in [-0.25, -0.2) is 8.42 Å². The van der Waals surface area contributed by atoms with Crippen LogP contribution >= 0.6 is 11.6 Å². The van der Waals surface area contributed by atoms with E-state index in [1.54, 1.807) is 24.3 Å². The van der Waals surface area contributed by atoms with Gasteiger partial charge in [-0.1, -0.05) is 23.7 Å². The van der Waals surface area contributed by atoms with Gasteiger partial charge >= 0.3 is 0 Å². The number of benzene rings is 2. The van der Waals surface area contributed by atoms with E-state index in [4.69, 9.17) is 11.6 Å². The molecule has 2 rings (SSSR count). The Labute approximate surface area is 144 Å². The second-order valence-corrected chi connectivity index (χ2v) is 7.76. The van der Waals surface area contributed by atoms with E-state index in [1.807, 2.05) is 0 Å². The molecule has 0 unspecified atom stereocenters. The molecule has 0 saturated carbocycles. The molecule has 0 heterocycles. The Kier molecular flexibility index (Phi) is 5.58. The molecular weight excluding hydrogens is 352 g/mol. The predicted octanol–water partition coefficient (Wildman–Crippen LogP) is 1.96. The molecule has 0 radical (unpaired) electrons. The maximum Gasteiger partial charge on any atom is 0.269 e. The number of hydrogen-bond donors (Lipinski definition) is 2. The van der Waals surface area contributed by atoms with E-state index in [-0.39, 0.29) is 11.3 Å². The Balaban J connectivity index is 2.01. The Morgan fingerprint density at radius 1 is 0.958 bits per heavy atom. The van der Waals surface area contributed by atoms with Gasteiger partial charge in [0.25, 0.3) is 11.8 Å². The molecule has 2 aromatic rings. The van der Waals surface area contributed by atoms with E-state index < -0.39 is 21.7 Å². The Morgan fingerprint density at radius 2 is 1.54 bits per heavy atom. The van der Waals surface area contributed by atoms with Crippen molar-refractivity contribution in [1.82, 2.24) is 10.9 Å². The van der Waals surface area contributed by atoms with Crippen LogP contribution < -0.4 is 10.9 Å². The third-order valence-electron chi connectivity index (χ3n) is 3.01. The van der Waals surface area contributed by atoms with Gasteiger partial charge in [0.15, 0.2) is 9.84 Å². The fourth-order valence-electron chi connectivity index (χ4n) is 1.96. The van der Waals surface area contributed by atoms with Crippen molar-refractivity contribution in [3.05, 3.63) is 70.2 Å². The molecule has 0 fully saturated rings. The van der Waals surface area contributed by atoms with Crippen LogP contribution in [0.2, 0.25) is 5.02 Å². The summed E-state index contributed by atoms with van der Waals surface area (Å²) in [5.41, 5.74) is 5.64. The Morgan fingerprint density at radius 3 is 2.12 bits per heavy atom. The van der Waals surface area contributed by atoms with Gasteiger partial charge in [0.05, 0.1) is 5.75 Å². The summed E-state index contributed by atoms with van der Waals surface area (Å²) < 4.78 is 22.6. The number of hydrazine groups is 1. The van der Waals surface area contributed by atoms with Crippen molar-refractivity contribution in [3.63, 3.8) is 0 Å². The van der Waals surface area contributed by atoms with Gasteiger partial charge in [-0.05, 0) is 42.0 Å². The molecule has 0 atom stereocenters. The summed E-state index contributed by atoms with van der Waals surface area (Å²) in [7, 11) is -3.20. The first-order valence-corrected chi connectivity index (χ1v) is 9.31. The van der Waals surface area contributed by atoms with Crippen molar-refractivity contribution in [2.24, 2.45) is 0 Å². The van der Waals surface area contributed by atoms with Gasteiger partial charge in [0.1, 0.15) is 0 Å². The third kappa shape index (κ3) is 5.36. The zero-order valence-corrected chi connectivity index (χ0v) is 14.3. The molecule has 8 heteroatoms. The normalized spacial score (nSPS) is 10.9. The minimum absolute atomic E-state index is 0.161. The van der Waals surface area contributed by atoms with E-state index in [1.165, 1.54) is 24.3 Å². The molecule has 0 aromatic heterocycles. The van der Waals surface area contributed by atoms with Crippen LogP contribution in [0.25, 0.3) is 0 Å². The number of amides is 2. The number of rotatable bonds is 4. The molecular formula is C16H15ClN2O4S. The Hall–Kier alpha value is -2.38. The molecule has 126 valence electrons. The van der Waals surface area contributed by atoms with E-state index in [0.717, 1.165) is 6.26 Å². The van der Waals surface area contributed by atoms with Gasteiger partial charge in [0, 0.05) is 22.4 Å². The summed E-state index contributed by atoms with van der Waals surface area (Å²) in [6.45, 7) is 0. The number of hydrogen-bond acceptors (Lipinski definition) is 4. The maximum atomic E-state index is 12.1. The van der Waals surface area contributed by atoms with E-state index in [9.17, 15) is 18.0 Å². The molecule has 0 aliphatic carbocycles. The summed E-state index contributed by atoms with van der Waals surface area (Å²) in [6, 6.07) is 12.4. The summed E-state index contributed by atoms with van der Waals surface area (Å²) in [5.74, 6) is -1.20. The van der Waals surface area contributed by atoms with Crippen LogP contribution in [0.3, 0.4) is 0 Å². The molecule has 0 spiro atoms. The van der Waals surface area contributed by atoms with Crippen molar-refractivity contribution in [3.8, 4) is 0 Å². The average molecular weight is 367 g/mol. The fourth-order valence-corrected chi connectivity index (χ4v) is 2.88. The second-order valence-electron chi connectivity index (χ2n) is 5.19. The van der Waals surface area contributed by atoms with Crippen LogP contribution in [0.1, 0.15) is 26.3 Å². The smallest absolute Gasteiger partial charge is 0.267 e. The van der Waals surface area contributed by atoms with Crippen LogP contribution in [0.5, 0.6) is 0 Å². The largest absolute Gasteiger partial charge is 0.269 e. The number of carbonyl (C=O) groups is 2. The topological polar surface area (TPSA) is 92.3 Å². The van der Waals surface area contributed by atoms with Crippen molar-refractivity contribution < 1.29 is 18.0 Å². The molecule has 0 bridgehead atoms. The van der Waals surface area contributed by atoms with Crippen LogP contribution in [0, 0.1) is 0 Å². The highest BCUT2D eigenvalue weighted by molar-refractivity contribution is 7.89. The van der Waals surface area contributed by atoms with Gasteiger partial charge in [0.2, 0.25) is 0 Å². The van der Waals surface area contributed by atoms with Crippen molar-refractivity contribution >= 4 is 33.3 Å². The van der Waals surface area contributed by atoms with Crippen LogP contribution in [-0.4, -0.2) is 26.5 Å². The lowest BCUT2D eigenvalue weighted by Gasteiger charge is -2.08. The predicted molar refractivity (Wildman–Crippen MR) is 91.4 cm³/mol. The first kappa shape index (κ1) is 18.0.